The zero-order valence-electron chi connectivity index (χ0n) is 8.75. The Morgan fingerprint density at radius 3 is 2.93 bits per heavy atom. The molecule has 14 heavy (non-hydrogen) atoms. The van der Waals surface area contributed by atoms with Crippen LogP contribution in [0.2, 0.25) is 0 Å². The number of ketones is 1. The number of rotatable bonds is 4. The molecule has 0 aromatic rings. The number of ether oxygens (including phenoxy) is 1. The first-order valence-corrected chi connectivity index (χ1v) is 5.42. The fourth-order valence-electron chi connectivity index (χ4n) is 1.89. The zero-order valence-corrected chi connectivity index (χ0v) is 8.75. The summed E-state index contributed by atoms with van der Waals surface area (Å²) in [5.74, 6) is 0.277. The van der Waals surface area contributed by atoms with Gasteiger partial charge in [0.15, 0.2) is 0 Å². The zero-order chi connectivity index (χ0) is 10.4. The van der Waals surface area contributed by atoms with Crippen LogP contribution in [0.1, 0.15) is 45.4 Å². The summed E-state index contributed by atoms with van der Waals surface area (Å²) in [5, 5.41) is 0. The van der Waals surface area contributed by atoms with Gasteiger partial charge in [-0.15, -0.1) is 0 Å². The van der Waals surface area contributed by atoms with Crippen molar-refractivity contribution in [2.45, 2.75) is 45.4 Å². The summed E-state index contributed by atoms with van der Waals surface area (Å²) < 4.78 is 4.82. The normalized spacial score (nSPS) is 22.1. The van der Waals surface area contributed by atoms with Gasteiger partial charge in [0.25, 0.3) is 0 Å². The molecule has 0 unspecified atom stereocenters. The number of hydrogen-bond donors (Lipinski definition) is 0. The van der Waals surface area contributed by atoms with Gasteiger partial charge in [0.2, 0.25) is 0 Å². The van der Waals surface area contributed by atoms with E-state index >= 15 is 0 Å². The maximum absolute atomic E-state index is 11.4. The van der Waals surface area contributed by atoms with Crippen LogP contribution in [-0.2, 0) is 14.3 Å². The Labute approximate surface area is 84.8 Å². The second-order valence-corrected chi connectivity index (χ2v) is 3.75. The van der Waals surface area contributed by atoms with Gasteiger partial charge in [0.1, 0.15) is 5.78 Å². The lowest BCUT2D eigenvalue weighted by atomic mass is 9.85. The average molecular weight is 198 g/mol. The Kier molecular flexibility index (Phi) is 4.63. The molecule has 0 heterocycles. The Balaban J connectivity index is 2.22. The molecule has 0 spiro atoms. The molecule has 0 aliphatic heterocycles. The van der Waals surface area contributed by atoms with Crippen molar-refractivity contribution >= 4 is 11.8 Å². The summed E-state index contributed by atoms with van der Waals surface area (Å²) in [7, 11) is 0. The summed E-state index contributed by atoms with van der Waals surface area (Å²) in [6, 6.07) is 0. The van der Waals surface area contributed by atoms with Crippen LogP contribution in [0.3, 0.4) is 0 Å². The average Bonchev–Trinajstić information content (AvgIpc) is 2.17. The van der Waals surface area contributed by atoms with E-state index < -0.39 is 0 Å². The molecule has 3 nitrogen and oxygen atoms in total. The van der Waals surface area contributed by atoms with E-state index in [4.69, 9.17) is 4.74 Å². The third-order valence-electron chi connectivity index (χ3n) is 2.68. The minimum atomic E-state index is -0.175. The van der Waals surface area contributed by atoms with Gasteiger partial charge in [-0.1, -0.05) is 6.42 Å². The Hall–Kier alpha value is -0.860. The van der Waals surface area contributed by atoms with E-state index in [0.717, 1.165) is 19.3 Å². The highest BCUT2D eigenvalue weighted by Gasteiger charge is 2.22. The molecule has 1 rings (SSSR count). The lowest BCUT2D eigenvalue weighted by molar-refractivity contribution is -0.143. The molecular weight excluding hydrogens is 180 g/mol. The first-order valence-electron chi connectivity index (χ1n) is 5.42. The second-order valence-electron chi connectivity index (χ2n) is 3.75. The molecule has 1 aliphatic rings. The van der Waals surface area contributed by atoms with Gasteiger partial charge in [0.05, 0.1) is 6.61 Å². The fourth-order valence-corrected chi connectivity index (χ4v) is 1.89. The number of hydrogen-bond acceptors (Lipinski definition) is 3. The molecule has 0 aromatic heterocycles. The van der Waals surface area contributed by atoms with Crippen LogP contribution in [0.15, 0.2) is 0 Å². The van der Waals surface area contributed by atoms with E-state index in [0.29, 0.717) is 31.7 Å². The van der Waals surface area contributed by atoms with E-state index in [1.54, 1.807) is 6.92 Å². The van der Waals surface area contributed by atoms with E-state index in [9.17, 15) is 9.59 Å². The van der Waals surface area contributed by atoms with Gasteiger partial charge in [0, 0.05) is 18.8 Å². The summed E-state index contributed by atoms with van der Waals surface area (Å²) in [4.78, 5) is 22.5. The maximum atomic E-state index is 11.4. The fraction of sp³-hybridized carbons (Fsp3) is 0.818. The minimum Gasteiger partial charge on any atom is -0.466 e. The van der Waals surface area contributed by atoms with Gasteiger partial charge in [-0.2, -0.15) is 0 Å². The second kappa shape index (κ2) is 5.78. The lowest BCUT2D eigenvalue weighted by Gasteiger charge is -2.19. The van der Waals surface area contributed by atoms with Crippen molar-refractivity contribution in [3.05, 3.63) is 0 Å². The van der Waals surface area contributed by atoms with Gasteiger partial charge in [-0.3, -0.25) is 9.59 Å². The summed E-state index contributed by atoms with van der Waals surface area (Å²) >= 11 is 0. The lowest BCUT2D eigenvalue weighted by Crippen LogP contribution is -2.20. The largest absolute Gasteiger partial charge is 0.466 e. The van der Waals surface area contributed by atoms with Crippen molar-refractivity contribution in [3.8, 4) is 0 Å². The highest BCUT2D eigenvalue weighted by molar-refractivity contribution is 5.82. The smallest absolute Gasteiger partial charge is 0.305 e. The van der Waals surface area contributed by atoms with Gasteiger partial charge in [-0.05, 0) is 26.2 Å². The number of carbonyl (C=O) groups excluding carboxylic acids is 2. The first kappa shape index (κ1) is 11.2. The summed E-state index contributed by atoms with van der Waals surface area (Å²) in [6.07, 6.45) is 4.88. The van der Waals surface area contributed by atoms with Gasteiger partial charge >= 0.3 is 5.97 Å². The molecule has 0 bridgehead atoms. The van der Waals surface area contributed by atoms with Crippen LogP contribution >= 0.6 is 0 Å². The molecule has 80 valence electrons. The van der Waals surface area contributed by atoms with Crippen molar-refractivity contribution in [1.82, 2.24) is 0 Å². The molecule has 1 saturated carbocycles. The Morgan fingerprint density at radius 1 is 1.50 bits per heavy atom. The molecule has 1 fully saturated rings. The SMILES string of the molecule is CCOC(=O)CC[C@H]1CCCCC1=O. The quantitative estimate of drug-likeness (QED) is 0.650. The van der Waals surface area contributed by atoms with Crippen molar-refractivity contribution in [1.29, 1.82) is 0 Å². The molecule has 1 atom stereocenters. The molecule has 3 heteroatoms. The van der Waals surface area contributed by atoms with Crippen molar-refractivity contribution in [2.24, 2.45) is 5.92 Å². The van der Waals surface area contributed by atoms with Crippen molar-refractivity contribution in [2.75, 3.05) is 6.61 Å². The topological polar surface area (TPSA) is 43.4 Å². The predicted molar refractivity (Wildman–Crippen MR) is 52.8 cm³/mol. The maximum Gasteiger partial charge on any atom is 0.305 e. The van der Waals surface area contributed by atoms with E-state index in [-0.39, 0.29) is 11.9 Å². The number of esters is 1. The molecular formula is C11H18O3. The van der Waals surface area contributed by atoms with Crippen LogP contribution in [0.25, 0.3) is 0 Å². The number of carbonyl (C=O) groups is 2. The van der Waals surface area contributed by atoms with Crippen LogP contribution < -0.4 is 0 Å². The van der Waals surface area contributed by atoms with Crippen LogP contribution in [0.4, 0.5) is 0 Å². The summed E-state index contributed by atoms with van der Waals surface area (Å²) in [6.45, 7) is 2.22. The number of Topliss-reactive ketones (excluding diaryl/α,β-unsaturated/α-hetero) is 1. The van der Waals surface area contributed by atoms with Crippen molar-refractivity contribution < 1.29 is 14.3 Å². The van der Waals surface area contributed by atoms with Crippen LogP contribution in [0, 0.1) is 5.92 Å². The minimum absolute atomic E-state index is 0.119. The Morgan fingerprint density at radius 2 is 2.29 bits per heavy atom. The van der Waals surface area contributed by atoms with Gasteiger partial charge in [-0.25, -0.2) is 0 Å². The third kappa shape index (κ3) is 3.48. The standard InChI is InChI=1S/C11H18O3/c1-2-14-11(13)8-7-9-5-3-4-6-10(9)12/h9H,2-8H2,1H3/t9-/m1/s1. The van der Waals surface area contributed by atoms with Crippen LogP contribution in [-0.4, -0.2) is 18.4 Å². The van der Waals surface area contributed by atoms with Crippen molar-refractivity contribution in [3.63, 3.8) is 0 Å². The van der Waals surface area contributed by atoms with Crippen LogP contribution in [0.5, 0.6) is 0 Å². The molecule has 0 saturated heterocycles. The van der Waals surface area contributed by atoms with E-state index in [1.807, 2.05) is 0 Å². The molecule has 0 radical (unpaired) electrons. The first-order chi connectivity index (χ1) is 6.74. The third-order valence-corrected chi connectivity index (χ3v) is 2.68. The molecule has 0 aromatic carbocycles. The molecule has 0 amide bonds. The highest BCUT2D eigenvalue weighted by atomic mass is 16.5. The molecule has 0 N–H and O–H groups in total. The van der Waals surface area contributed by atoms with E-state index in [2.05, 4.69) is 0 Å². The highest BCUT2D eigenvalue weighted by Crippen LogP contribution is 2.24. The predicted octanol–water partition coefficient (Wildman–Crippen LogP) is 2.09. The van der Waals surface area contributed by atoms with E-state index in [1.165, 1.54) is 0 Å². The summed E-state index contributed by atoms with van der Waals surface area (Å²) in [5.41, 5.74) is 0. The molecule has 1 aliphatic carbocycles. The monoisotopic (exact) mass is 198 g/mol. The Bertz CT molecular complexity index is 211. The van der Waals surface area contributed by atoms with Gasteiger partial charge < -0.3 is 4.74 Å².